The Balaban J connectivity index is 1.54. The van der Waals surface area contributed by atoms with Gasteiger partial charge in [-0.05, 0) is 90.8 Å². The Bertz CT molecular complexity index is 226. The summed E-state index contributed by atoms with van der Waals surface area (Å²) in [5.74, 6) is 1.88. The van der Waals surface area contributed by atoms with E-state index < -0.39 is 0 Å². The minimum atomic E-state index is 0.938. The summed E-state index contributed by atoms with van der Waals surface area (Å²) in [7, 11) is 4.57. The molecule has 106 valence electrons. The molecule has 0 aromatic heterocycles. The Morgan fingerprint density at radius 3 is 2.61 bits per heavy atom. The molecule has 18 heavy (non-hydrogen) atoms. The summed E-state index contributed by atoms with van der Waals surface area (Å²) in [5, 5.41) is 3.46. The minimum absolute atomic E-state index is 0.938. The van der Waals surface area contributed by atoms with Gasteiger partial charge >= 0.3 is 0 Å². The maximum absolute atomic E-state index is 3.46. The first-order valence-corrected chi connectivity index (χ1v) is 7.82. The molecule has 1 N–H and O–H groups in total. The van der Waals surface area contributed by atoms with Gasteiger partial charge in [0.05, 0.1) is 0 Å². The van der Waals surface area contributed by atoms with Gasteiger partial charge in [-0.1, -0.05) is 0 Å². The van der Waals surface area contributed by atoms with Crippen LogP contribution in [-0.4, -0.2) is 63.2 Å². The third kappa shape index (κ3) is 4.87. The smallest absolute Gasteiger partial charge is 0.000709 e. The van der Waals surface area contributed by atoms with Crippen LogP contribution in [0.15, 0.2) is 0 Å². The molecular formula is C15H31N3. The standard InChI is InChI=1S/C15H31N3/c1-17(10-6-14-5-8-16-12-14)11-7-15-4-3-9-18(2)13-15/h14-16H,3-13H2,1-2H3. The van der Waals surface area contributed by atoms with Crippen LogP contribution in [-0.2, 0) is 0 Å². The fraction of sp³-hybridized carbons (Fsp3) is 1.00. The number of hydrogen-bond donors (Lipinski definition) is 1. The highest BCUT2D eigenvalue weighted by Gasteiger charge is 2.18. The molecule has 0 saturated carbocycles. The number of hydrogen-bond acceptors (Lipinski definition) is 3. The van der Waals surface area contributed by atoms with Crippen LogP contribution in [0.3, 0.4) is 0 Å². The summed E-state index contributed by atoms with van der Waals surface area (Å²) in [6, 6.07) is 0. The molecule has 0 amide bonds. The van der Waals surface area contributed by atoms with E-state index in [2.05, 4.69) is 29.2 Å². The fourth-order valence-corrected chi connectivity index (χ4v) is 3.39. The van der Waals surface area contributed by atoms with E-state index in [1.165, 1.54) is 71.4 Å². The first kappa shape index (κ1) is 14.3. The summed E-state index contributed by atoms with van der Waals surface area (Å²) in [4.78, 5) is 5.05. The molecule has 0 aliphatic carbocycles. The van der Waals surface area contributed by atoms with E-state index in [-0.39, 0.29) is 0 Å². The Hall–Kier alpha value is -0.120. The largest absolute Gasteiger partial charge is 0.316 e. The lowest BCUT2D eigenvalue weighted by Crippen LogP contribution is -2.34. The number of nitrogens with one attached hydrogen (secondary N) is 1. The molecule has 0 aromatic rings. The highest BCUT2D eigenvalue weighted by Crippen LogP contribution is 2.19. The van der Waals surface area contributed by atoms with Crippen LogP contribution in [0.5, 0.6) is 0 Å². The molecule has 0 bridgehead atoms. The predicted octanol–water partition coefficient (Wildman–Crippen LogP) is 1.65. The van der Waals surface area contributed by atoms with Crippen LogP contribution in [0.4, 0.5) is 0 Å². The van der Waals surface area contributed by atoms with Crippen LogP contribution < -0.4 is 5.32 Å². The summed E-state index contributed by atoms with van der Waals surface area (Å²) in [5.41, 5.74) is 0. The molecule has 2 aliphatic heterocycles. The molecular weight excluding hydrogens is 222 g/mol. The van der Waals surface area contributed by atoms with E-state index >= 15 is 0 Å². The second kappa shape index (κ2) is 7.46. The first-order valence-electron chi connectivity index (χ1n) is 7.82. The van der Waals surface area contributed by atoms with Crippen molar-refractivity contribution in [1.29, 1.82) is 0 Å². The zero-order valence-electron chi connectivity index (χ0n) is 12.3. The lowest BCUT2D eigenvalue weighted by Gasteiger charge is -2.31. The molecule has 2 aliphatic rings. The second-order valence-corrected chi connectivity index (χ2v) is 6.51. The van der Waals surface area contributed by atoms with Crippen molar-refractivity contribution < 1.29 is 0 Å². The van der Waals surface area contributed by atoms with Gasteiger partial charge in [-0.3, -0.25) is 0 Å². The number of nitrogens with zero attached hydrogens (tertiary/aromatic N) is 2. The van der Waals surface area contributed by atoms with Crippen molar-refractivity contribution in [1.82, 2.24) is 15.1 Å². The molecule has 2 atom stereocenters. The van der Waals surface area contributed by atoms with Gasteiger partial charge in [0.2, 0.25) is 0 Å². The maximum Gasteiger partial charge on any atom is 0.000709 e. The van der Waals surface area contributed by atoms with Gasteiger partial charge in [-0.15, -0.1) is 0 Å². The molecule has 2 rings (SSSR count). The molecule has 2 fully saturated rings. The molecule has 2 unspecified atom stereocenters. The molecule has 2 heterocycles. The molecule has 3 heteroatoms. The van der Waals surface area contributed by atoms with Crippen molar-refractivity contribution in [3.8, 4) is 0 Å². The van der Waals surface area contributed by atoms with Crippen LogP contribution >= 0.6 is 0 Å². The van der Waals surface area contributed by atoms with Crippen LogP contribution in [0.1, 0.15) is 32.1 Å². The average molecular weight is 253 g/mol. The summed E-state index contributed by atoms with van der Waals surface area (Å²) in [6.07, 6.45) is 7.02. The van der Waals surface area contributed by atoms with Gasteiger partial charge in [0.1, 0.15) is 0 Å². The molecule has 0 radical (unpaired) electrons. The van der Waals surface area contributed by atoms with E-state index in [1.807, 2.05) is 0 Å². The van der Waals surface area contributed by atoms with Crippen molar-refractivity contribution in [3.05, 3.63) is 0 Å². The number of rotatable bonds is 6. The average Bonchev–Trinajstić information content (AvgIpc) is 2.87. The zero-order chi connectivity index (χ0) is 12.8. The summed E-state index contributed by atoms with van der Waals surface area (Å²) >= 11 is 0. The molecule has 2 saturated heterocycles. The van der Waals surface area contributed by atoms with Crippen molar-refractivity contribution in [2.45, 2.75) is 32.1 Å². The quantitative estimate of drug-likeness (QED) is 0.776. The van der Waals surface area contributed by atoms with Crippen LogP contribution in [0.25, 0.3) is 0 Å². The van der Waals surface area contributed by atoms with Gasteiger partial charge in [-0.25, -0.2) is 0 Å². The van der Waals surface area contributed by atoms with E-state index in [1.54, 1.807) is 0 Å². The highest BCUT2D eigenvalue weighted by molar-refractivity contribution is 4.74. The monoisotopic (exact) mass is 253 g/mol. The van der Waals surface area contributed by atoms with Crippen LogP contribution in [0, 0.1) is 11.8 Å². The van der Waals surface area contributed by atoms with E-state index in [9.17, 15) is 0 Å². The highest BCUT2D eigenvalue weighted by atomic mass is 15.1. The van der Waals surface area contributed by atoms with Crippen molar-refractivity contribution in [3.63, 3.8) is 0 Å². The molecule has 0 aromatic carbocycles. The fourth-order valence-electron chi connectivity index (χ4n) is 3.39. The predicted molar refractivity (Wildman–Crippen MR) is 77.9 cm³/mol. The van der Waals surface area contributed by atoms with E-state index in [4.69, 9.17) is 0 Å². The lowest BCUT2D eigenvalue weighted by atomic mass is 9.95. The van der Waals surface area contributed by atoms with Crippen molar-refractivity contribution >= 4 is 0 Å². The summed E-state index contributed by atoms with van der Waals surface area (Å²) in [6.45, 7) is 7.69. The van der Waals surface area contributed by atoms with Gasteiger partial charge < -0.3 is 15.1 Å². The van der Waals surface area contributed by atoms with E-state index in [0.29, 0.717) is 0 Å². The van der Waals surface area contributed by atoms with E-state index in [0.717, 1.165) is 11.8 Å². The Kier molecular flexibility index (Phi) is 5.93. The van der Waals surface area contributed by atoms with Crippen molar-refractivity contribution in [2.24, 2.45) is 11.8 Å². The van der Waals surface area contributed by atoms with Gasteiger partial charge in [-0.2, -0.15) is 0 Å². The molecule has 0 spiro atoms. The van der Waals surface area contributed by atoms with Gasteiger partial charge in [0.25, 0.3) is 0 Å². The van der Waals surface area contributed by atoms with Crippen LogP contribution in [0.2, 0.25) is 0 Å². The number of likely N-dealkylation sites (tertiary alicyclic amines) is 1. The zero-order valence-corrected chi connectivity index (χ0v) is 12.3. The third-order valence-electron chi connectivity index (χ3n) is 4.72. The second-order valence-electron chi connectivity index (χ2n) is 6.51. The van der Waals surface area contributed by atoms with Gasteiger partial charge in [0, 0.05) is 6.54 Å². The topological polar surface area (TPSA) is 18.5 Å². The third-order valence-corrected chi connectivity index (χ3v) is 4.72. The lowest BCUT2D eigenvalue weighted by molar-refractivity contribution is 0.184. The minimum Gasteiger partial charge on any atom is -0.316 e. The molecule has 3 nitrogen and oxygen atoms in total. The Morgan fingerprint density at radius 2 is 1.94 bits per heavy atom. The first-order chi connectivity index (χ1) is 8.74. The Labute approximate surface area is 113 Å². The van der Waals surface area contributed by atoms with Crippen molar-refractivity contribution in [2.75, 3.05) is 53.4 Å². The van der Waals surface area contributed by atoms with Gasteiger partial charge in [0.15, 0.2) is 0 Å². The Morgan fingerprint density at radius 1 is 1.17 bits per heavy atom. The number of piperidine rings is 1. The maximum atomic E-state index is 3.46. The SMILES string of the molecule is CN(CCC1CCNC1)CCC1CCCN(C)C1. The normalized spacial score (nSPS) is 30.2. The summed E-state index contributed by atoms with van der Waals surface area (Å²) < 4.78 is 0.